The smallest absolute Gasteiger partial charge is 0.324 e. The van der Waals surface area contributed by atoms with Gasteiger partial charge in [-0.2, -0.15) is 0 Å². The molecule has 1 aliphatic heterocycles. The number of aromatic nitrogens is 2. The van der Waals surface area contributed by atoms with Crippen molar-refractivity contribution in [3.8, 4) is 0 Å². The molecule has 2 heterocycles. The Kier molecular flexibility index (Phi) is 4.64. The van der Waals surface area contributed by atoms with E-state index < -0.39 is 41.2 Å². The number of esters is 2. The highest BCUT2D eigenvalue weighted by Crippen LogP contribution is 2.38. The Balaban J connectivity index is 2.24. The van der Waals surface area contributed by atoms with Gasteiger partial charge >= 0.3 is 11.9 Å². The van der Waals surface area contributed by atoms with E-state index >= 15 is 0 Å². The summed E-state index contributed by atoms with van der Waals surface area (Å²) in [5.74, 6) is -8.31. The van der Waals surface area contributed by atoms with Gasteiger partial charge in [0, 0.05) is 27.7 Å². The van der Waals surface area contributed by atoms with Gasteiger partial charge in [-0.1, -0.05) is 6.07 Å². The first-order valence-corrected chi connectivity index (χ1v) is 8.60. The van der Waals surface area contributed by atoms with Crippen molar-refractivity contribution in [2.45, 2.75) is 39.4 Å². The highest BCUT2D eigenvalue weighted by atomic mass is 19.2. The van der Waals surface area contributed by atoms with Crippen molar-refractivity contribution in [2.75, 3.05) is 0 Å². The fraction of sp³-hybridized carbons (Fsp3) is 0.421. The van der Waals surface area contributed by atoms with E-state index in [2.05, 4.69) is 0 Å². The number of hydrogen-bond acceptors (Lipinski definition) is 5. The highest BCUT2D eigenvalue weighted by molar-refractivity contribution is 5.98. The predicted molar refractivity (Wildman–Crippen MR) is 91.8 cm³/mol. The molecule has 0 bridgehead atoms. The van der Waals surface area contributed by atoms with E-state index in [4.69, 9.17) is 9.47 Å². The van der Waals surface area contributed by atoms with Crippen LogP contribution in [0.1, 0.15) is 42.5 Å². The van der Waals surface area contributed by atoms with Gasteiger partial charge in [0.05, 0.1) is 7.05 Å². The van der Waals surface area contributed by atoms with Crippen LogP contribution in [-0.2, 0) is 26.1 Å². The molecule has 0 N–H and O–H groups in total. The first kappa shape index (κ1) is 19.8. The summed E-state index contributed by atoms with van der Waals surface area (Å²) in [6.45, 7) is 6.07. The molecule has 7 nitrogen and oxygen atoms in total. The zero-order chi connectivity index (χ0) is 21.0. The highest BCUT2D eigenvalue weighted by Gasteiger charge is 2.51. The molecule has 1 aromatic heterocycles. The Hall–Kier alpha value is -2.97. The minimum atomic E-state index is -1.55. The van der Waals surface area contributed by atoms with Gasteiger partial charge in [-0.05, 0) is 17.7 Å². The van der Waals surface area contributed by atoms with Crippen LogP contribution in [0.3, 0.4) is 0 Å². The molecule has 0 spiro atoms. The maximum absolute atomic E-state index is 13.9. The number of hydrogen-bond donors (Lipinski definition) is 0. The van der Waals surface area contributed by atoms with Crippen LogP contribution in [0.4, 0.5) is 8.78 Å². The van der Waals surface area contributed by atoms with E-state index in [0.29, 0.717) is 16.1 Å². The lowest BCUT2D eigenvalue weighted by Crippen LogP contribution is -2.50. The summed E-state index contributed by atoms with van der Waals surface area (Å²) in [4.78, 5) is 25.3. The molecule has 9 heteroatoms. The fourth-order valence-electron chi connectivity index (χ4n) is 3.40. The van der Waals surface area contributed by atoms with Crippen LogP contribution in [0, 0.1) is 36.6 Å². The summed E-state index contributed by atoms with van der Waals surface area (Å²) in [7, 11) is 1.59. The van der Waals surface area contributed by atoms with Crippen LogP contribution < -0.4 is 4.73 Å². The lowest BCUT2D eigenvalue weighted by Gasteiger charge is -2.35. The molecule has 28 heavy (non-hydrogen) atoms. The minimum Gasteiger partial charge on any atom is -0.711 e. The molecular formula is C19H20F2N2O5. The summed E-state index contributed by atoms with van der Waals surface area (Å²) < 4.78 is 39.8. The van der Waals surface area contributed by atoms with Crippen molar-refractivity contribution in [3.63, 3.8) is 0 Å². The Morgan fingerprint density at radius 3 is 2.18 bits per heavy atom. The number of carbonyl (C=O) groups is 2. The van der Waals surface area contributed by atoms with E-state index in [9.17, 15) is 23.6 Å². The molecule has 0 radical (unpaired) electrons. The minimum absolute atomic E-state index is 0.0135. The van der Waals surface area contributed by atoms with Crippen LogP contribution >= 0.6 is 0 Å². The van der Waals surface area contributed by atoms with E-state index in [1.54, 1.807) is 20.9 Å². The lowest BCUT2D eigenvalue weighted by molar-refractivity contribution is -0.621. The van der Waals surface area contributed by atoms with Crippen molar-refractivity contribution in [1.29, 1.82) is 0 Å². The molecule has 1 aromatic carbocycles. The number of carbonyl (C=O) groups excluding carboxylic acids is 2. The van der Waals surface area contributed by atoms with Crippen LogP contribution in [0.2, 0.25) is 0 Å². The number of rotatable bonds is 3. The molecule has 2 aromatic rings. The molecule has 0 saturated carbocycles. The summed E-state index contributed by atoms with van der Waals surface area (Å²) in [5.41, 5.74) is 1.01. The van der Waals surface area contributed by atoms with E-state index in [0.717, 1.165) is 12.1 Å². The van der Waals surface area contributed by atoms with Crippen molar-refractivity contribution < 1.29 is 32.6 Å². The molecule has 0 amide bonds. The molecular weight excluding hydrogens is 374 g/mol. The largest absolute Gasteiger partial charge is 0.711 e. The van der Waals surface area contributed by atoms with Gasteiger partial charge in [0.15, 0.2) is 17.6 Å². The Morgan fingerprint density at radius 1 is 1.14 bits per heavy atom. The van der Waals surface area contributed by atoms with E-state index in [1.165, 1.54) is 24.5 Å². The number of halogens is 2. The molecule has 1 saturated heterocycles. The van der Waals surface area contributed by atoms with Crippen molar-refractivity contribution in [1.82, 2.24) is 4.57 Å². The fourth-order valence-corrected chi connectivity index (χ4v) is 3.40. The molecule has 3 rings (SSSR count). The Morgan fingerprint density at radius 2 is 1.71 bits per heavy atom. The van der Waals surface area contributed by atoms with Crippen molar-refractivity contribution >= 4 is 11.9 Å². The topological polar surface area (TPSA) is 84.5 Å². The monoisotopic (exact) mass is 394 g/mol. The lowest BCUT2D eigenvalue weighted by atomic mass is 9.84. The van der Waals surface area contributed by atoms with Gasteiger partial charge in [-0.25, -0.2) is 18.1 Å². The first-order chi connectivity index (χ1) is 12.9. The van der Waals surface area contributed by atoms with Gasteiger partial charge < -0.3 is 14.7 Å². The third-order valence-corrected chi connectivity index (χ3v) is 5.00. The molecule has 150 valence electrons. The van der Waals surface area contributed by atoms with Gasteiger partial charge in [0.25, 0.3) is 11.6 Å². The van der Waals surface area contributed by atoms with Crippen molar-refractivity contribution in [2.24, 2.45) is 13.0 Å². The number of benzene rings is 1. The van der Waals surface area contributed by atoms with Gasteiger partial charge in [-0.15, -0.1) is 0 Å². The summed E-state index contributed by atoms with van der Waals surface area (Å²) in [6.07, 6.45) is 0. The molecule has 1 fully saturated rings. The maximum atomic E-state index is 13.9. The second-order valence-electron chi connectivity index (χ2n) is 7.25. The second kappa shape index (κ2) is 6.57. The number of imidazole rings is 1. The normalized spacial score (nSPS) is 18.0. The third kappa shape index (κ3) is 3.10. The molecule has 0 unspecified atom stereocenters. The van der Waals surface area contributed by atoms with E-state index in [-0.39, 0.29) is 11.4 Å². The summed E-state index contributed by atoms with van der Waals surface area (Å²) in [6, 6.07) is 2.96. The average Bonchev–Trinajstić information content (AvgIpc) is 2.77. The summed E-state index contributed by atoms with van der Waals surface area (Å²) >= 11 is 0. The van der Waals surface area contributed by atoms with E-state index in [1.807, 2.05) is 0 Å². The standard InChI is InChI=1S/C19H20F2N2O5/c1-9-10(2)23(26)16(22(9)5)14(11-6-7-12(20)13(21)8-11)15-17(24)27-19(3,4)28-18(15)25/h6-8,14-15H,1-5H3/t14-/m1/s1. The average molecular weight is 394 g/mol. The SMILES string of the molecule is Cc1c(C)[n+]([O-])c([C@H](c2ccc(F)c(F)c2)C2C(=O)OC(C)(C)OC2=O)n1C. The van der Waals surface area contributed by atoms with Crippen LogP contribution in [0.25, 0.3) is 0 Å². The number of nitrogens with zero attached hydrogens (tertiary/aromatic N) is 2. The molecule has 0 aliphatic carbocycles. The first-order valence-electron chi connectivity index (χ1n) is 8.60. The van der Waals surface area contributed by atoms with Crippen LogP contribution in [0.5, 0.6) is 0 Å². The Labute approximate surface area is 160 Å². The molecule has 1 atom stereocenters. The van der Waals surface area contributed by atoms with Crippen molar-refractivity contribution in [3.05, 3.63) is 57.8 Å². The summed E-state index contributed by atoms with van der Waals surface area (Å²) in [5, 5.41) is 12.8. The third-order valence-electron chi connectivity index (χ3n) is 5.00. The number of cyclic esters (lactones) is 2. The van der Waals surface area contributed by atoms with Crippen LogP contribution in [-0.4, -0.2) is 22.3 Å². The van der Waals surface area contributed by atoms with Gasteiger partial charge in [0.1, 0.15) is 17.3 Å². The second-order valence-corrected chi connectivity index (χ2v) is 7.25. The van der Waals surface area contributed by atoms with Gasteiger partial charge in [-0.3, -0.25) is 9.59 Å². The number of ether oxygens (including phenoxy) is 2. The maximum Gasteiger partial charge on any atom is 0.324 e. The predicted octanol–water partition coefficient (Wildman–Crippen LogP) is 2.14. The quantitative estimate of drug-likeness (QED) is 0.345. The Bertz CT molecular complexity index is 938. The zero-order valence-corrected chi connectivity index (χ0v) is 16.1. The van der Waals surface area contributed by atoms with Gasteiger partial charge in [0.2, 0.25) is 0 Å². The molecule has 1 aliphatic rings. The van der Waals surface area contributed by atoms with Crippen LogP contribution in [0.15, 0.2) is 18.2 Å². The zero-order valence-electron chi connectivity index (χ0n) is 16.1.